The number of rotatable bonds is 4. The average Bonchev–Trinajstić information content (AvgIpc) is 3.93. The Morgan fingerprint density at radius 1 is 0.382 bits per heavy atom. The second-order valence-corrected chi connectivity index (χ2v) is 28.9. The highest BCUT2D eigenvalue weighted by molar-refractivity contribution is 7.00. The third-order valence-electron chi connectivity index (χ3n) is 20.4. The van der Waals surface area contributed by atoms with Gasteiger partial charge >= 0.3 is 0 Å². The molecule has 0 N–H and O–H groups in total. The van der Waals surface area contributed by atoms with Crippen molar-refractivity contribution < 1.29 is 0 Å². The lowest BCUT2D eigenvalue weighted by Crippen LogP contribution is -2.65. The van der Waals surface area contributed by atoms with Gasteiger partial charge in [0.1, 0.15) is 0 Å². The molecule has 2 aliphatic carbocycles. The third-order valence-corrected chi connectivity index (χ3v) is 20.4. The molecular weight excluding hydrogens is 918 g/mol. The molecule has 0 spiro atoms. The molecule has 0 amide bonds. The molecule has 0 bridgehead atoms. The summed E-state index contributed by atoms with van der Waals surface area (Å²) >= 11 is 0. The Balaban J connectivity index is 1.19. The number of anilines is 7. The zero-order valence-corrected chi connectivity index (χ0v) is 48.4. The van der Waals surface area contributed by atoms with Gasteiger partial charge in [-0.05, 0) is 158 Å². The Morgan fingerprint density at radius 2 is 0.842 bits per heavy atom. The van der Waals surface area contributed by atoms with Crippen LogP contribution < -0.4 is 31.1 Å². The van der Waals surface area contributed by atoms with Gasteiger partial charge in [-0.15, -0.1) is 0 Å². The quantitative estimate of drug-likeness (QED) is 0.163. The lowest BCUT2D eigenvalue weighted by atomic mass is 9.33. The number of benzene rings is 7. The number of hydrogen-bond donors (Lipinski definition) is 0. The van der Waals surface area contributed by atoms with Crippen molar-refractivity contribution in [1.82, 2.24) is 0 Å². The number of nitrogens with zero attached hydrogens (tertiary/aromatic N) is 3. The van der Waals surface area contributed by atoms with Gasteiger partial charge in [-0.3, -0.25) is 0 Å². The molecule has 388 valence electrons. The first-order valence-electron chi connectivity index (χ1n) is 29.2. The Labute approximate surface area is 457 Å². The molecule has 2 fully saturated rings. The molecule has 4 aliphatic heterocycles. The van der Waals surface area contributed by atoms with Crippen LogP contribution in [0.3, 0.4) is 0 Å². The van der Waals surface area contributed by atoms with E-state index in [4.69, 9.17) is 0 Å². The van der Waals surface area contributed by atoms with E-state index in [1.807, 2.05) is 0 Å². The van der Waals surface area contributed by atoms with Crippen LogP contribution in [-0.2, 0) is 32.5 Å². The predicted octanol–water partition coefficient (Wildman–Crippen LogP) is 17.0. The van der Waals surface area contributed by atoms with E-state index in [2.05, 4.69) is 257 Å². The summed E-state index contributed by atoms with van der Waals surface area (Å²) in [6.45, 7) is 34.0. The van der Waals surface area contributed by atoms with Crippen LogP contribution in [0.4, 0.5) is 39.8 Å². The van der Waals surface area contributed by atoms with Crippen molar-refractivity contribution in [1.29, 1.82) is 0 Å². The maximum atomic E-state index is 2.99. The summed E-state index contributed by atoms with van der Waals surface area (Å²) in [6, 6.07) is 59.1. The van der Waals surface area contributed by atoms with Crippen molar-refractivity contribution in [3.63, 3.8) is 0 Å². The monoisotopic (exact) mass is 1000 g/mol. The van der Waals surface area contributed by atoms with Crippen LogP contribution in [0.1, 0.15) is 193 Å². The summed E-state index contributed by atoms with van der Waals surface area (Å²) in [4.78, 5) is 8.58. The SMILES string of the molecule is CC(C)(C)c1ccc(N2c3ccc(C(C)(C)C)cc3B3c4cc(C(C)(C)C)cc5c4N(c4cc(N6c7ccc(C(C)(C)C)cc7C7(c8ccccc8)CCCCC67C)cc2c43)C2(C)CCCCC52c2ccccc2)cc1. The van der Waals surface area contributed by atoms with Gasteiger partial charge < -0.3 is 14.7 Å². The van der Waals surface area contributed by atoms with Gasteiger partial charge in [-0.25, -0.2) is 0 Å². The predicted molar refractivity (Wildman–Crippen MR) is 326 cm³/mol. The van der Waals surface area contributed by atoms with Crippen molar-refractivity contribution >= 4 is 62.9 Å². The third kappa shape index (κ3) is 6.67. The minimum absolute atomic E-state index is 0.00802. The summed E-state index contributed by atoms with van der Waals surface area (Å²) in [5.74, 6) is 0. The Morgan fingerprint density at radius 3 is 1.41 bits per heavy atom. The molecule has 0 aromatic heterocycles. The fraction of sp³-hybridized carbons (Fsp3) is 0.417. The number of fused-ring (bicyclic) bond motifs is 10. The molecule has 4 atom stereocenters. The van der Waals surface area contributed by atoms with E-state index in [1.165, 1.54) is 121 Å². The van der Waals surface area contributed by atoms with Crippen LogP contribution in [0.25, 0.3) is 0 Å². The zero-order valence-electron chi connectivity index (χ0n) is 48.4. The Hall–Kier alpha value is -6.00. The van der Waals surface area contributed by atoms with Crippen LogP contribution in [-0.4, -0.2) is 17.8 Å². The zero-order chi connectivity index (χ0) is 53.3. The first kappa shape index (κ1) is 49.6. The second-order valence-electron chi connectivity index (χ2n) is 28.9. The average molecular weight is 1000 g/mol. The van der Waals surface area contributed by atoms with Crippen LogP contribution in [0, 0.1) is 0 Å². The van der Waals surface area contributed by atoms with E-state index in [0.29, 0.717) is 0 Å². The van der Waals surface area contributed by atoms with E-state index in [-0.39, 0.29) is 50.3 Å². The lowest BCUT2D eigenvalue weighted by molar-refractivity contribution is 0.214. The van der Waals surface area contributed by atoms with Gasteiger partial charge in [-0.1, -0.05) is 218 Å². The molecule has 0 saturated heterocycles. The van der Waals surface area contributed by atoms with Gasteiger partial charge in [0.25, 0.3) is 6.71 Å². The minimum atomic E-state index is -0.244. The molecular formula is C72H82BN3. The highest BCUT2D eigenvalue weighted by atomic mass is 15.3. The molecule has 3 nitrogen and oxygen atoms in total. The fourth-order valence-corrected chi connectivity index (χ4v) is 16.4. The Bertz CT molecular complexity index is 3470. The summed E-state index contributed by atoms with van der Waals surface area (Å²) < 4.78 is 0. The molecule has 13 rings (SSSR count). The topological polar surface area (TPSA) is 9.72 Å². The van der Waals surface area contributed by atoms with Gasteiger partial charge in [0.15, 0.2) is 0 Å². The smallest absolute Gasteiger partial charge is 0.252 e. The van der Waals surface area contributed by atoms with Gasteiger partial charge in [0.05, 0.1) is 11.1 Å². The van der Waals surface area contributed by atoms with Crippen LogP contribution in [0.5, 0.6) is 0 Å². The summed E-state index contributed by atoms with van der Waals surface area (Å²) in [6.07, 6.45) is 9.30. The molecule has 4 heteroatoms. The first-order chi connectivity index (χ1) is 35.9. The van der Waals surface area contributed by atoms with E-state index in [9.17, 15) is 0 Å². The van der Waals surface area contributed by atoms with Gasteiger partial charge in [0, 0.05) is 50.6 Å². The van der Waals surface area contributed by atoms with Gasteiger partial charge in [0.2, 0.25) is 0 Å². The maximum absolute atomic E-state index is 2.99. The largest absolute Gasteiger partial charge is 0.335 e. The normalized spacial score (nSPS) is 24.4. The molecule has 7 aromatic rings. The van der Waals surface area contributed by atoms with Crippen LogP contribution in [0.2, 0.25) is 0 Å². The van der Waals surface area contributed by atoms with Crippen molar-refractivity contribution in [2.45, 2.75) is 192 Å². The summed E-state index contributed by atoms with van der Waals surface area (Å²) in [7, 11) is 0. The standard InChI is InChI=1S/C72H82BN3/c1-65(2,3)47-29-33-53(34-30-47)74-60-36-32-51(67(7,8)9)43-57(60)73-58-44-52(68(10,11)12)42-56-64(58)76(70(14)38-22-24-40-72(56,70)49-27-19-16-20-28-49)62-46-54(45-61(74)63(62)73)75-59-35-31-50(66(4,5)6)41-55(59)71(48-25-17-15-18-26-48)39-23-21-37-69(71,75)13/h15-20,25-36,41-46H,21-24,37-40H2,1-14H3. The van der Waals surface area contributed by atoms with E-state index in [1.54, 1.807) is 5.56 Å². The molecule has 0 radical (unpaired) electrons. The molecule has 76 heavy (non-hydrogen) atoms. The Kier molecular flexibility index (Phi) is 10.6. The molecule has 4 heterocycles. The molecule has 7 aromatic carbocycles. The minimum Gasteiger partial charge on any atom is -0.335 e. The number of hydrogen-bond acceptors (Lipinski definition) is 3. The van der Waals surface area contributed by atoms with Crippen LogP contribution in [0.15, 0.2) is 146 Å². The van der Waals surface area contributed by atoms with E-state index in [0.717, 1.165) is 25.7 Å². The van der Waals surface area contributed by atoms with E-state index >= 15 is 0 Å². The van der Waals surface area contributed by atoms with Crippen molar-refractivity contribution in [2.24, 2.45) is 0 Å². The van der Waals surface area contributed by atoms with Gasteiger partial charge in [-0.2, -0.15) is 0 Å². The van der Waals surface area contributed by atoms with Crippen molar-refractivity contribution in [2.75, 3.05) is 14.7 Å². The second kappa shape index (κ2) is 16.3. The maximum Gasteiger partial charge on any atom is 0.252 e. The highest BCUT2D eigenvalue weighted by Gasteiger charge is 2.66. The lowest BCUT2D eigenvalue weighted by Gasteiger charge is -2.55. The molecule has 2 saturated carbocycles. The highest BCUT2D eigenvalue weighted by Crippen LogP contribution is 2.68. The van der Waals surface area contributed by atoms with Crippen LogP contribution >= 0.6 is 0 Å². The summed E-state index contributed by atoms with van der Waals surface area (Å²) in [5.41, 5.74) is 24.3. The molecule has 6 aliphatic rings. The first-order valence-corrected chi connectivity index (χ1v) is 29.2. The van der Waals surface area contributed by atoms with Crippen molar-refractivity contribution in [3.8, 4) is 0 Å². The fourth-order valence-electron chi connectivity index (χ4n) is 16.4. The van der Waals surface area contributed by atoms with E-state index < -0.39 is 0 Å². The summed E-state index contributed by atoms with van der Waals surface area (Å²) in [5, 5.41) is 0. The molecule has 4 unspecified atom stereocenters. The van der Waals surface area contributed by atoms with Crippen molar-refractivity contribution in [3.05, 3.63) is 190 Å².